The predicted molar refractivity (Wildman–Crippen MR) is 59.2 cm³/mol. The van der Waals surface area contributed by atoms with Gasteiger partial charge in [0.1, 0.15) is 6.10 Å². The van der Waals surface area contributed by atoms with Crippen LogP contribution in [0.15, 0.2) is 0 Å². The van der Waals surface area contributed by atoms with Crippen LogP contribution in [0.2, 0.25) is 0 Å². The maximum Gasteiger partial charge on any atom is 0.100 e. The molecule has 0 spiro atoms. The van der Waals surface area contributed by atoms with Gasteiger partial charge in [-0.15, -0.1) is 0 Å². The van der Waals surface area contributed by atoms with Crippen LogP contribution < -0.4 is 5.32 Å². The van der Waals surface area contributed by atoms with Gasteiger partial charge in [-0.25, -0.2) is 0 Å². The van der Waals surface area contributed by atoms with Gasteiger partial charge < -0.3 is 25.4 Å². The summed E-state index contributed by atoms with van der Waals surface area (Å²) >= 11 is 0. The number of hydrogen-bond donors (Lipinski definition) is 4. The zero-order chi connectivity index (χ0) is 11.8. The number of rotatable bonds is 7. The van der Waals surface area contributed by atoms with E-state index in [2.05, 4.69) is 10.2 Å². The molecule has 0 aromatic heterocycles. The zero-order valence-corrected chi connectivity index (χ0v) is 9.51. The minimum Gasteiger partial charge on any atom is -0.394 e. The van der Waals surface area contributed by atoms with Gasteiger partial charge in [0.05, 0.1) is 25.9 Å². The normalized spacial score (nSPS) is 21.9. The monoisotopic (exact) mass is 234 g/mol. The average molecular weight is 234 g/mol. The van der Waals surface area contributed by atoms with E-state index in [9.17, 15) is 5.11 Å². The van der Waals surface area contributed by atoms with Gasteiger partial charge in [0.2, 0.25) is 0 Å². The van der Waals surface area contributed by atoms with Gasteiger partial charge in [-0.3, -0.25) is 4.90 Å². The molecule has 6 nitrogen and oxygen atoms in total. The summed E-state index contributed by atoms with van der Waals surface area (Å²) < 4.78 is 5.09. The highest BCUT2D eigenvalue weighted by molar-refractivity contribution is 4.70. The van der Waals surface area contributed by atoms with Crippen LogP contribution >= 0.6 is 0 Å². The van der Waals surface area contributed by atoms with E-state index in [-0.39, 0.29) is 19.8 Å². The number of β-amino-alcohol motifs (C(OH)–C–C–N with tert-alkyl or cyclic N) is 1. The molecule has 96 valence electrons. The Kier molecular flexibility index (Phi) is 6.86. The van der Waals surface area contributed by atoms with Crippen molar-refractivity contribution < 1.29 is 20.1 Å². The Labute approximate surface area is 95.8 Å². The van der Waals surface area contributed by atoms with E-state index in [0.717, 1.165) is 26.2 Å². The van der Waals surface area contributed by atoms with Crippen molar-refractivity contribution in [2.75, 3.05) is 52.5 Å². The van der Waals surface area contributed by atoms with Gasteiger partial charge in [0, 0.05) is 32.7 Å². The van der Waals surface area contributed by atoms with Gasteiger partial charge in [-0.2, -0.15) is 0 Å². The number of ether oxygens (including phenoxy) is 1. The molecule has 4 N–H and O–H groups in total. The van der Waals surface area contributed by atoms with E-state index in [0.29, 0.717) is 6.54 Å². The molecule has 1 rings (SSSR count). The molecule has 1 aliphatic heterocycles. The fourth-order valence-corrected chi connectivity index (χ4v) is 1.64. The lowest BCUT2D eigenvalue weighted by Crippen LogP contribution is -2.47. The Hall–Kier alpha value is -0.240. The molecular weight excluding hydrogens is 212 g/mol. The van der Waals surface area contributed by atoms with Gasteiger partial charge in [0.15, 0.2) is 0 Å². The molecule has 0 saturated carbocycles. The third-order valence-electron chi connectivity index (χ3n) is 2.51. The first-order chi connectivity index (χ1) is 7.72. The quantitative estimate of drug-likeness (QED) is 0.394. The number of piperazine rings is 1. The SMILES string of the molecule is OCC(O)COCC(O)CN1CCNCC1. The number of nitrogens with zero attached hydrogens (tertiary/aromatic N) is 1. The van der Waals surface area contributed by atoms with Crippen molar-refractivity contribution in [1.29, 1.82) is 0 Å². The van der Waals surface area contributed by atoms with Crippen LogP contribution in [0.4, 0.5) is 0 Å². The number of nitrogens with one attached hydrogen (secondary N) is 1. The molecule has 0 radical (unpaired) electrons. The van der Waals surface area contributed by atoms with Crippen LogP contribution in [0.1, 0.15) is 0 Å². The lowest BCUT2D eigenvalue weighted by molar-refractivity contribution is -0.0319. The summed E-state index contributed by atoms with van der Waals surface area (Å²) in [7, 11) is 0. The summed E-state index contributed by atoms with van der Waals surface area (Å²) in [6.07, 6.45) is -1.39. The van der Waals surface area contributed by atoms with Gasteiger partial charge in [-0.1, -0.05) is 0 Å². The first-order valence-corrected chi connectivity index (χ1v) is 5.70. The summed E-state index contributed by atoms with van der Waals surface area (Å²) in [5.74, 6) is 0. The molecule has 2 unspecified atom stereocenters. The Bertz CT molecular complexity index is 176. The Morgan fingerprint density at radius 3 is 2.38 bits per heavy atom. The highest BCUT2D eigenvalue weighted by Gasteiger charge is 2.14. The summed E-state index contributed by atoms with van der Waals surface area (Å²) in [4.78, 5) is 2.17. The highest BCUT2D eigenvalue weighted by atomic mass is 16.5. The molecule has 0 aromatic carbocycles. The minimum atomic E-state index is -0.855. The lowest BCUT2D eigenvalue weighted by Gasteiger charge is -2.29. The summed E-state index contributed by atoms with van der Waals surface area (Å²) in [5, 5.41) is 30.5. The molecule has 0 aromatic rings. The van der Waals surface area contributed by atoms with E-state index in [1.54, 1.807) is 0 Å². The molecule has 1 aliphatic rings. The van der Waals surface area contributed by atoms with Crippen molar-refractivity contribution in [3.05, 3.63) is 0 Å². The van der Waals surface area contributed by atoms with E-state index in [4.69, 9.17) is 14.9 Å². The van der Waals surface area contributed by atoms with Crippen LogP contribution in [0, 0.1) is 0 Å². The minimum absolute atomic E-state index is 0.0646. The summed E-state index contributed by atoms with van der Waals surface area (Å²) in [5.41, 5.74) is 0. The molecule has 0 bridgehead atoms. The first kappa shape index (κ1) is 13.8. The number of aliphatic hydroxyl groups excluding tert-OH is 3. The highest BCUT2D eigenvalue weighted by Crippen LogP contribution is 1.96. The van der Waals surface area contributed by atoms with Crippen LogP contribution in [-0.4, -0.2) is 85.0 Å². The smallest absolute Gasteiger partial charge is 0.100 e. The molecule has 2 atom stereocenters. The number of hydrogen-bond acceptors (Lipinski definition) is 6. The number of aliphatic hydroxyl groups is 3. The molecule has 1 saturated heterocycles. The van der Waals surface area contributed by atoms with Crippen LogP contribution in [-0.2, 0) is 4.74 Å². The molecule has 1 heterocycles. The second-order valence-corrected chi connectivity index (χ2v) is 4.08. The summed E-state index contributed by atoms with van der Waals surface area (Å²) in [6.45, 7) is 4.33. The largest absolute Gasteiger partial charge is 0.394 e. The van der Waals surface area contributed by atoms with E-state index < -0.39 is 12.2 Å². The van der Waals surface area contributed by atoms with Gasteiger partial charge >= 0.3 is 0 Å². The van der Waals surface area contributed by atoms with Crippen LogP contribution in [0.5, 0.6) is 0 Å². The fraction of sp³-hybridized carbons (Fsp3) is 1.00. The molecule has 0 aliphatic carbocycles. The maximum atomic E-state index is 9.66. The van der Waals surface area contributed by atoms with Gasteiger partial charge in [0.25, 0.3) is 0 Å². The standard InChI is InChI=1S/C10H22N2O4/c13-6-10(15)8-16-7-9(14)5-12-3-1-11-2-4-12/h9-11,13-15H,1-8H2. The molecule has 6 heteroatoms. The van der Waals surface area contributed by atoms with E-state index in [1.165, 1.54) is 0 Å². The predicted octanol–water partition coefficient (Wildman–Crippen LogP) is -2.38. The van der Waals surface area contributed by atoms with Gasteiger partial charge in [-0.05, 0) is 0 Å². The Balaban J connectivity index is 2.03. The van der Waals surface area contributed by atoms with Crippen molar-refractivity contribution in [3.63, 3.8) is 0 Å². The molecular formula is C10H22N2O4. The third kappa shape index (κ3) is 5.74. The van der Waals surface area contributed by atoms with Crippen molar-refractivity contribution >= 4 is 0 Å². The van der Waals surface area contributed by atoms with E-state index >= 15 is 0 Å². The van der Waals surface area contributed by atoms with E-state index in [1.807, 2.05) is 0 Å². The molecule has 16 heavy (non-hydrogen) atoms. The average Bonchev–Trinajstić information content (AvgIpc) is 2.30. The third-order valence-corrected chi connectivity index (χ3v) is 2.51. The maximum absolute atomic E-state index is 9.66. The topological polar surface area (TPSA) is 85.2 Å². The van der Waals surface area contributed by atoms with Crippen molar-refractivity contribution in [2.24, 2.45) is 0 Å². The second-order valence-electron chi connectivity index (χ2n) is 4.08. The molecule has 1 fully saturated rings. The lowest BCUT2D eigenvalue weighted by atomic mass is 10.3. The van der Waals surface area contributed by atoms with Crippen molar-refractivity contribution in [2.45, 2.75) is 12.2 Å². The fourth-order valence-electron chi connectivity index (χ4n) is 1.64. The Morgan fingerprint density at radius 1 is 1.12 bits per heavy atom. The Morgan fingerprint density at radius 2 is 1.75 bits per heavy atom. The zero-order valence-electron chi connectivity index (χ0n) is 9.51. The second kappa shape index (κ2) is 7.94. The molecule has 0 amide bonds. The first-order valence-electron chi connectivity index (χ1n) is 5.70. The van der Waals surface area contributed by atoms with Crippen molar-refractivity contribution in [1.82, 2.24) is 10.2 Å². The van der Waals surface area contributed by atoms with Crippen LogP contribution in [0.3, 0.4) is 0 Å². The summed E-state index contributed by atoms with van der Waals surface area (Å²) in [6, 6.07) is 0. The van der Waals surface area contributed by atoms with Crippen molar-refractivity contribution in [3.8, 4) is 0 Å². The van der Waals surface area contributed by atoms with Crippen LogP contribution in [0.25, 0.3) is 0 Å².